The number of hydrogen-bond donors (Lipinski definition) is 1. The zero-order valence-corrected chi connectivity index (χ0v) is 13.7. The van der Waals surface area contributed by atoms with E-state index in [0.717, 1.165) is 19.7 Å². The molecule has 0 unspecified atom stereocenters. The van der Waals surface area contributed by atoms with Gasteiger partial charge in [0.1, 0.15) is 0 Å². The van der Waals surface area contributed by atoms with E-state index in [4.69, 9.17) is 4.74 Å². The van der Waals surface area contributed by atoms with E-state index in [1.807, 2.05) is 11.3 Å². The normalized spacial score (nSPS) is 16.6. The van der Waals surface area contributed by atoms with Crippen molar-refractivity contribution in [2.45, 2.75) is 58.3 Å². The Hall–Kier alpha value is -0.900. The Bertz CT molecular complexity index is 572. The molecule has 0 bridgehead atoms. The van der Waals surface area contributed by atoms with E-state index >= 15 is 0 Å². The number of hydrogen-bond acceptors (Lipinski definition) is 3. The van der Waals surface area contributed by atoms with Crippen molar-refractivity contribution >= 4 is 21.4 Å². The molecular formula is C18H25NOS. The molecule has 1 aromatic carbocycles. The fraction of sp³-hybridized carbons (Fsp3) is 0.556. The first-order chi connectivity index (χ1) is 10.4. The molecule has 0 atom stereocenters. The number of benzene rings is 1. The molecule has 1 fully saturated rings. The summed E-state index contributed by atoms with van der Waals surface area (Å²) in [7, 11) is 0. The van der Waals surface area contributed by atoms with Gasteiger partial charge < -0.3 is 10.1 Å². The molecule has 2 aromatic rings. The van der Waals surface area contributed by atoms with Crippen molar-refractivity contribution in [2.24, 2.45) is 0 Å². The lowest BCUT2D eigenvalue weighted by Gasteiger charge is -2.22. The molecule has 1 N–H and O–H groups in total. The SMILES string of the molecule is CCNCc1sc2ccccc2c1COC1CCCCC1. The second-order valence-corrected chi connectivity index (χ2v) is 6.99. The predicted molar refractivity (Wildman–Crippen MR) is 90.9 cm³/mol. The van der Waals surface area contributed by atoms with Crippen molar-refractivity contribution in [3.8, 4) is 0 Å². The van der Waals surface area contributed by atoms with Gasteiger partial charge in [0.05, 0.1) is 12.7 Å². The van der Waals surface area contributed by atoms with Gasteiger partial charge in [0.15, 0.2) is 0 Å². The Morgan fingerprint density at radius 2 is 2.00 bits per heavy atom. The van der Waals surface area contributed by atoms with Crippen LogP contribution in [0.2, 0.25) is 0 Å². The third-order valence-corrected chi connectivity index (χ3v) is 5.55. The quantitative estimate of drug-likeness (QED) is 0.823. The maximum atomic E-state index is 6.23. The van der Waals surface area contributed by atoms with Crippen LogP contribution in [0.15, 0.2) is 24.3 Å². The lowest BCUT2D eigenvalue weighted by molar-refractivity contribution is 0.0172. The van der Waals surface area contributed by atoms with Crippen LogP contribution in [-0.4, -0.2) is 12.6 Å². The van der Waals surface area contributed by atoms with Gasteiger partial charge in [0.2, 0.25) is 0 Å². The topological polar surface area (TPSA) is 21.3 Å². The molecule has 0 saturated heterocycles. The van der Waals surface area contributed by atoms with Crippen molar-refractivity contribution in [1.82, 2.24) is 5.32 Å². The van der Waals surface area contributed by atoms with Gasteiger partial charge in [0.25, 0.3) is 0 Å². The third kappa shape index (κ3) is 3.65. The van der Waals surface area contributed by atoms with Gasteiger partial charge in [-0.1, -0.05) is 44.4 Å². The molecule has 3 heteroatoms. The summed E-state index contributed by atoms with van der Waals surface area (Å²) in [4.78, 5) is 1.44. The molecule has 114 valence electrons. The van der Waals surface area contributed by atoms with Gasteiger partial charge >= 0.3 is 0 Å². The second kappa shape index (κ2) is 7.39. The first-order valence-electron chi connectivity index (χ1n) is 8.20. The van der Waals surface area contributed by atoms with Gasteiger partial charge in [-0.3, -0.25) is 0 Å². The highest BCUT2D eigenvalue weighted by Crippen LogP contribution is 2.33. The Morgan fingerprint density at radius 3 is 2.81 bits per heavy atom. The second-order valence-electron chi connectivity index (χ2n) is 5.85. The average molecular weight is 303 g/mol. The highest BCUT2D eigenvalue weighted by molar-refractivity contribution is 7.19. The smallest absolute Gasteiger partial charge is 0.0738 e. The van der Waals surface area contributed by atoms with Crippen molar-refractivity contribution in [1.29, 1.82) is 0 Å². The maximum absolute atomic E-state index is 6.23. The van der Waals surface area contributed by atoms with Crippen molar-refractivity contribution in [3.05, 3.63) is 34.7 Å². The van der Waals surface area contributed by atoms with Crippen molar-refractivity contribution < 1.29 is 4.74 Å². The standard InChI is InChI=1S/C18H25NOS/c1-2-19-12-18-16(13-20-14-8-4-3-5-9-14)15-10-6-7-11-17(15)21-18/h6-7,10-11,14,19H,2-5,8-9,12-13H2,1H3. The van der Waals surface area contributed by atoms with Crippen LogP contribution < -0.4 is 5.32 Å². The summed E-state index contributed by atoms with van der Waals surface area (Å²) in [5.74, 6) is 0. The van der Waals surface area contributed by atoms with Gasteiger partial charge in [-0.05, 0) is 30.8 Å². The summed E-state index contributed by atoms with van der Waals surface area (Å²) in [6, 6.07) is 8.72. The molecule has 0 aliphatic heterocycles. The highest BCUT2D eigenvalue weighted by Gasteiger charge is 2.17. The Morgan fingerprint density at radius 1 is 1.19 bits per heavy atom. The van der Waals surface area contributed by atoms with Gasteiger partial charge in [-0.25, -0.2) is 0 Å². The monoisotopic (exact) mass is 303 g/mol. The van der Waals surface area contributed by atoms with Crippen LogP contribution in [-0.2, 0) is 17.9 Å². The summed E-state index contributed by atoms with van der Waals surface area (Å²) in [6.45, 7) is 4.90. The predicted octanol–water partition coefficient (Wildman–Crippen LogP) is 4.86. The minimum atomic E-state index is 0.476. The summed E-state index contributed by atoms with van der Waals surface area (Å²) in [5, 5.41) is 4.84. The van der Waals surface area contributed by atoms with E-state index in [1.165, 1.54) is 52.6 Å². The first kappa shape index (κ1) is 15.0. The first-order valence-corrected chi connectivity index (χ1v) is 9.01. The summed E-state index contributed by atoms with van der Waals surface area (Å²) in [6.07, 6.45) is 7.00. The molecule has 0 spiro atoms. The molecular weight excluding hydrogens is 278 g/mol. The van der Waals surface area contributed by atoms with Crippen LogP contribution >= 0.6 is 11.3 Å². The molecule has 3 rings (SSSR count). The van der Waals surface area contributed by atoms with E-state index in [0.29, 0.717) is 6.10 Å². The summed E-state index contributed by atoms with van der Waals surface area (Å²) < 4.78 is 7.62. The molecule has 21 heavy (non-hydrogen) atoms. The highest BCUT2D eigenvalue weighted by atomic mass is 32.1. The van der Waals surface area contributed by atoms with E-state index in [-0.39, 0.29) is 0 Å². The van der Waals surface area contributed by atoms with Gasteiger partial charge in [-0.2, -0.15) is 0 Å². The Kier molecular flexibility index (Phi) is 5.28. The van der Waals surface area contributed by atoms with E-state index in [1.54, 1.807) is 0 Å². The molecule has 1 saturated carbocycles. The Labute approximate surface area is 131 Å². The summed E-state index contributed by atoms with van der Waals surface area (Å²) in [5.41, 5.74) is 1.40. The molecule has 0 amide bonds. The molecule has 1 aliphatic rings. The van der Waals surface area contributed by atoms with Crippen LogP contribution in [0, 0.1) is 0 Å². The summed E-state index contributed by atoms with van der Waals surface area (Å²) >= 11 is 1.91. The number of thiophene rings is 1. The van der Waals surface area contributed by atoms with Crippen LogP contribution in [0.5, 0.6) is 0 Å². The number of ether oxygens (including phenoxy) is 1. The van der Waals surface area contributed by atoms with E-state index in [2.05, 4.69) is 36.5 Å². The third-order valence-electron chi connectivity index (χ3n) is 4.33. The fourth-order valence-corrected chi connectivity index (χ4v) is 4.30. The minimum Gasteiger partial charge on any atom is -0.373 e. The zero-order chi connectivity index (χ0) is 14.5. The lowest BCUT2D eigenvalue weighted by Crippen LogP contribution is -2.17. The molecule has 0 radical (unpaired) electrons. The Balaban J connectivity index is 1.77. The van der Waals surface area contributed by atoms with E-state index in [9.17, 15) is 0 Å². The fourth-order valence-electron chi connectivity index (χ4n) is 3.12. The molecule has 1 aliphatic carbocycles. The van der Waals surface area contributed by atoms with Crippen molar-refractivity contribution in [2.75, 3.05) is 6.54 Å². The largest absolute Gasteiger partial charge is 0.373 e. The van der Waals surface area contributed by atoms with Gasteiger partial charge in [-0.15, -0.1) is 11.3 Å². The van der Waals surface area contributed by atoms with Crippen LogP contribution in [0.25, 0.3) is 10.1 Å². The van der Waals surface area contributed by atoms with Crippen LogP contribution in [0.3, 0.4) is 0 Å². The maximum Gasteiger partial charge on any atom is 0.0738 e. The number of nitrogens with one attached hydrogen (secondary N) is 1. The molecule has 2 nitrogen and oxygen atoms in total. The number of rotatable bonds is 6. The van der Waals surface area contributed by atoms with Crippen LogP contribution in [0.4, 0.5) is 0 Å². The minimum absolute atomic E-state index is 0.476. The van der Waals surface area contributed by atoms with E-state index < -0.39 is 0 Å². The zero-order valence-electron chi connectivity index (χ0n) is 12.9. The lowest BCUT2D eigenvalue weighted by atomic mass is 9.98. The van der Waals surface area contributed by atoms with Crippen LogP contribution in [0.1, 0.15) is 49.5 Å². The average Bonchev–Trinajstić information content (AvgIpc) is 2.89. The molecule has 1 heterocycles. The van der Waals surface area contributed by atoms with Gasteiger partial charge in [0, 0.05) is 21.7 Å². The van der Waals surface area contributed by atoms with Crippen molar-refractivity contribution in [3.63, 3.8) is 0 Å². The number of fused-ring (bicyclic) bond motifs is 1. The molecule has 1 aromatic heterocycles.